The average molecular weight is 489 g/mol. The minimum absolute atomic E-state index is 0.173. The van der Waals surface area contributed by atoms with Gasteiger partial charge in [-0.05, 0) is 48.5 Å². The van der Waals surface area contributed by atoms with Gasteiger partial charge in [0.05, 0.1) is 24.0 Å². The van der Waals surface area contributed by atoms with Crippen LogP contribution in [0.25, 0.3) is 10.9 Å². The predicted molar refractivity (Wildman–Crippen MR) is 127 cm³/mol. The second-order valence-corrected chi connectivity index (χ2v) is 14.4. The summed E-state index contributed by atoms with van der Waals surface area (Å²) in [5, 5.41) is 1.20. The second-order valence-electron chi connectivity index (χ2n) is 8.72. The zero-order valence-corrected chi connectivity index (χ0v) is 20.8. The largest absolute Gasteiger partial charge is 0.488 e. The van der Waals surface area contributed by atoms with Gasteiger partial charge in [-0.15, -0.1) is 0 Å². The Kier molecular flexibility index (Phi) is 7.16. The Hall–Kier alpha value is -1.96. The van der Waals surface area contributed by atoms with Crippen molar-refractivity contribution in [2.45, 2.75) is 45.5 Å². The van der Waals surface area contributed by atoms with E-state index in [1.165, 1.54) is 0 Å². The monoisotopic (exact) mass is 488 g/mol. The topological polar surface area (TPSA) is 53.5 Å². The normalized spacial score (nSPS) is 12.2. The van der Waals surface area contributed by atoms with Gasteiger partial charge < -0.3 is 13.9 Å². The summed E-state index contributed by atoms with van der Waals surface area (Å²) in [6.07, 6.45) is 1.73. The molecule has 0 atom stereocenters. The predicted octanol–water partition coefficient (Wildman–Crippen LogP) is 6.37. The van der Waals surface area contributed by atoms with Crippen LogP contribution in [0.15, 0.2) is 53.1 Å². The molecule has 0 radical (unpaired) electrons. The molecule has 7 heteroatoms. The van der Waals surface area contributed by atoms with Crippen LogP contribution in [0.3, 0.4) is 0 Å². The number of benzene rings is 1. The summed E-state index contributed by atoms with van der Waals surface area (Å²) in [4.78, 5) is 8.97. The first-order valence-corrected chi connectivity index (χ1v) is 13.7. The van der Waals surface area contributed by atoms with Crippen LogP contribution in [-0.2, 0) is 11.0 Å². The number of aromatic nitrogens is 2. The number of hydrogen-bond donors (Lipinski definition) is 0. The van der Waals surface area contributed by atoms with Crippen molar-refractivity contribution in [1.82, 2.24) is 9.97 Å². The lowest BCUT2D eigenvalue weighted by Crippen LogP contribution is -2.40. The highest BCUT2D eigenvalue weighted by atomic mass is 79.9. The Morgan fingerprint density at radius 1 is 1.00 bits per heavy atom. The van der Waals surface area contributed by atoms with Gasteiger partial charge in [0, 0.05) is 15.9 Å². The minimum Gasteiger partial charge on any atom is -0.488 e. The molecule has 5 nitrogen and oxygen atoms in total. The molecule has 0 amide bonds. The van der Waals surface area contributed by atoms with Crippen LogP contribution < -0.4 is 9.47 Å². The lowest BCUT2D eigenvalue weighted by atomic mass is 10.2. The van der Waals surface area contributed by atoms with Crippen LogP contribution in [0, 0.1) is 0 Å². The van der Waals surface area contributed by atoms with Crippen molar-refractivity contribution in [2.75, 3.05) is 13.2 Å². The third-order valence-corrected chi connectivity index (χ3v) is 10.4. The molecular formula is C23H29BrN2O3Si. The van der Waals surface area contributed by atoms with Crippen molar-refractivity contribution >= 4 is 35.2 Å². The van der Waals surface area contributed by atoms with Gasteiger partial charge in [-0.2, -0.15) is 0 Å². The van der Waals surface area contributed by atoms with Crippen molar-refractivity contribution in [3.63, 3.8) is 0 Å². The molecule has 0 fully saturated rings. The maximum absolute atomic E-state index is 6.25. The van der Waals surface area contributed by atoms with Crippen molar-refractivity contribution < 1.29 is 13.9 Å². The first kappa shape index (κ1) is 22.7. The fourth-order valence-electron chi connectivity index (χ4n) is 2.56. The lowest BCUT2D eigenvalue weighted by Gasteiger charge is -2.36. The number of fused-ring (bicyclic) bond motifs is 1. The molecule has 0 aliphatic rings. The highest BCUT2D eigenvalue weighted by molar-refractivity contribution is 9.10. The van der Waals surface area contributed by atoms with Crippen LogP contribution in [0.4, 0.5) is 0 Å². The number of pyridine rings is 2. The first-order valence-electron chi connectivity index (χ1n) is 10.0. The van der Waals surface area contributed by atoms with Crippen molar-refractivity contribution in [2.24, 2.45) is 0 Å². The summed E-state index contributed by atoms with van der Waals surface area (Å²) in [6.45, 7) is 12.5. The van der Waals surface area contributed by atoms with Gasteiger partial charge in [-0.1, -0.05) is 42.8 Å². The Morgan fingerprint density at radius 3 is 2.53 bits per heavy atom. The molecular weight excluding hydrogens is 460 g/mol. The Morgan fingerprint density at radius 2 is 1.77 bits per heavy atom. The minimum atomic E-state index is -1.81. The molecule has 0 spiro atoms. The summed E-state index contributed by atoms with van der Waals surface area (Å²) < 4.78 is 18.8. The van der Waals surface area contributed by atoms with Gasteiger partial charge >= 0.3 is 0 Å². The number of halogens is 1. The van der Waals surface area contributed by atoms with Crippen molar-refractivity contribution in [3.05, 3.63) is 58.8 Å². The Labute approximate surface area is 188 Å². The van der Waals surface area contributed by atoms with Gasteiger partial charge in [0.15, 0.2) is 8.32 Å². The zero-order valence-electron chi connectivity index (χ0n) is 18.2. The van der Waals surface area contributed by atoms with E-state index in [9.17, 15) is 0 Å². The van der Waals surface area contributed by atoms with Crippen molar-refractivity contribution in [1.29, 1.82) is 0 Å². The fraction of sp³-hybridized carbons (Fsp3) is 0.391. The molecule has 0 saturated heterocycles. The summed E-state index contributed by atoms with van der Waals surface area (Å²) in [5.41, 5.74) is 1.81. The number of nitrogens with zero attached hydrogens (tertiary/aromatic N) is 2. The summed E-state index contributed by atoms with van der Waals surface area (Å²) >= 11 is 3.48. The maximum atomic E-state index is 6.25. The van der Waals surface area contributed by atoms with E-state index in [2.05, 4.69) is 59.8 Å². The average Bonchev–Trinajstić information content (AvgIpc) is 2.69. The first-order chi connectivity index (χ1) is 14.1. The smallest absolute Gasteiger partial charge is 0.213 e. The molecule has 0 N–H and O–H groups in total. The van der Waals surface area contributed by atoms with E-state index < -0.39 is 8.32 Å². The number of rotatable bonds is 8. The van der Waals surface area contributed by atoms with Crippen LogP contribution in [0.5, 0.6) is 11.6 Å². The van der Waals surface area contributed by atoms with E-state index in [-0.39, 0.29) is 5.04 Å². The van der Waals surface area contributed by atoms with Crippen molar-refractivity contribution in [3.8, 4) is 11.6 Å². The third-order valence-electron chi connectivity index (χ3n) is 5.39. The Balaban J connectivity index is 1.50. The van der Waals surface area contributed by atoms with Gasteiger partial charge in [0.2, 0.25) is 5.88 Å². The molecule has 2 heterocycles. The molecule has 0 unspecified atom stereocenters. The quantitative estimate of drug-likeness (QED) is 0.272. The molecule has 0 bridgehead atoms. The van der Waals surface area contributed by atoms with Crippen LogP contribution in [-0.4, -0.2) is 31.5 Å². The van der Waals surface area contributed by atoms with Gasteiger partial charge in [0.25, 0.3) is 0 Å². The van der Waals surface area contributed by atoms with Gasteiger partial charge in [-0.25, -0.2) is 4.98 Å². The van der Waals surface area contributed by atoms with E-state index in [0.717, 1.165) is 21.1 Å². The number of hydrogen-bond acceptors (Lipinski definition) is 5. The summed E-state index contributed by atoms with van der Waals surface area (Å²) in [5.74, 6) is 1.30. The van der Waals surface area contributed by atoms with E-state index >= 15 is 0 Å². The van der Waals surface area contributed by atoms with E-state index in [1.807, 2.05) is 42.5 Å². The second kappa shape index (κ2) is 9.45. The standard InChI is InChI=1S/C23H29BrN2O3Si/c1-23(2,3)30(4,5)29-16-19-7-6-8-22(26-19)28-12-11-27-20-14-17-13-18(24)9-10-21(17)25-15-20/h6-10,13-15H,11-12,16H2,1-5H3. The van der Waals surface area contributed by atoms with E-state index in [1.54, 1.807) is 6.20 Å². The Bertz CT molecular complexity index is 1010. The zero-order chi connectivity index (χ0) is 21.8. The molecule has 0 aliphatic carbocycles. The lowest BCUT2D eigenvalue weighted by molar-refractivity contribution is 0.210. The molecule has 0 aliphatic heterocycles. The molecule has 2 aromatic heterocycles. The van der Waals surface area contributed by atoms with Gasteiger partial charge in [0.1, 0.15) is 19.0 Å². The molecule has 3 rings (SSSR count). The van der Waals surface area contributed by atoms with Crippen LogP contribution >= 0.6 is 15.9 Å². The molecule has 3 aromatic rings. The highest BCUT2D eigenvalue weighted by Gasteiger charge is 2.37. The third kappa shape index (κ3) is 6.03. The van der Waals surface area contributed by atoms with E-state index in [0.29, 0.717) is 31.5 Å². The van der Waals surface area contributed by atoms with Crippen LogP contribution in [0.1, 0.15) is 26.5 Å². The SMILES string of the molecule is CC(C)(C)[Si](C)(C)OCc1cccc(OCCOc2cnc3ccc(Br)cc3c2)n1. The fourth-order valence-corrected chi connectivity index (χ4v) is 3.88. The van der Waals surface area contributed by atoms with E-state index in [4.69, 9.17) is 13.9 Å². The molecule has 0 saturated carbocycles. The van der Waals surface area contributed by atoms with Gasteiger partial charge in [-0.3, -0.25) is 4.98 Å². The van der Waals surface area contributed by atoms with Crippen LogP contribution in [0.2, 0.25) is 18.1 Å². The summed E-state index contributed by atoms with van der Waals surface area (Å²) in [7, 11) is -1.81. The molecule has 30 heavy (non-hydrogen) atoms. The molecule has 160 valence electrons. The highest BCUT2D eigenvalue weighted by Crippen LogP contribution is 2.37. The summed E-state index contributed by atoms with van der Waals surface area (Å²) in [6, 6.07) is 13.7. The maximum Gasteiger partial charge on any atom is 0.213 e. The molecule has 1 aromatic carbocycles. The number of ether oxygens (including phenoxy) is 2.